The summed E-state index contributed by atoms with van der Waals surface area (Å²) in [6, 6.07) is 11.2. The van der Waals surface area contributed by atoms with Gasteiger partial charge in [0.15, 0.2) is 17.2 Å². The SMILES string of the molecule is COc1cccc(C2=NC(=Cc3ccc(OC(F)F)c(OC)c3)C(=O)O2)c1. The number of hydrogen-bond donors (Lipinski definition) is 0. The minimum atomic E-state index is -2.97. The second-order valence-electron chi connectivity index (χ2n) is 5.36. The lowest BCUT2D eigenvalue weighted by molar-refractivity contribution is -0.129. The van der Waals surface area contributed by atoms with Crippen molar-refractivity contribution in [3.05, 3.63) is 59.3 Å². The van der Waals surface area contributed by atoms with Gasteiger partial charge in [-0.25, -0.2) is 9.79 Å². The van der Waals surface area contributed by atoms with E-state index in [1.165, 1.54) is 38.5 Å². The average molecular weight is 375 g/mol. The molecule has 0 saturated heterocycles. The fourth-order valence-electron chi connectivity index (χ4n) is 2.41. The van der Waals surface area contributed by atoms with Crippen LogP contribution in [0.15, 0.2) is 53.2 Å². The summed E-state index contributed by atoms with van der Waals surface area (Å²) in [5, 5.41) is 0. The van der Waals surface area contributed by atoms with Crippen LogP contribution in [0.1, 0.15) is 11.1 Å². The van der Waals surface area contributed by atoms with E-state index >= 15 is 0 Å². The molecule has 1 aliphatic heterocycles. The van der Waals surface area contributed by atoms with Gasteiger partial charge < -0.3 is 18.9 Å². The van der Waals surface area contributed by atoms with Crippen molar-refractivity contribution in [1.82, 2.24) is 0 Å². The number of alkyl halides is 2. The molecule has 27 heavy (non-hydrogen) atoms. The second-order valence-corrected chi connectivity index (χ2v) is 5.36. The number of halogens is 2. The van der Waals surface area contributed by atoms with Crippen LogP contribution in [0.3, 0.4) is 0 Å². The monoisotopic (exact) mass is 375 g/mol. The molecular formula is C19H15F2NO5. The molecule has 0 unspecified atom stereocenters. The number of aliphatic imine (C=N–C) groups is 1. The van der Waals surface area contributed by atoms with Crippen molar-refractivity contribution in [2.45, 2.75) is 6.61 Å². The first-order valence-electron chi connectivity index (χ1n) is 7.80. The Morgan fingerprint density at radius 3 is 2.59 bits per heavy atom. The van der Waals surface area contributed by atoms with Crippen LogP contribution in [0.2, 0.25) is 0 Å². The number of rotatable bonds is 6. The van der Waals surface area contributed by atoms with Crippen LogP contribution in [0.25, 0.3) is 6.08 Å². The minimum absolute atomic E-state index is 0.0670. The lowest BCUT2D eigenvalue weighted by Crippen LogP contribution is -2.05. The first-order valence-corrected chi connectivity index (χ1v) is 7.80. The largest absolute Gasteiger partial charge is 0.497 e. The highest BCUT2D eigenvalue weighted by atomic mass is 19.3. The van der Waals surface area contributed by atoms with Gasteiger partial charge in [-0.1, -0.05) is 12.1 Å². The van der Waals surface area contributed by atoms with E-state index in [4.69, 9.17) is 14.2 Å². The Bertz CT molecular complexity index is 924. The van der Waals surface area contributed by atoms with Crippen molar-refractivity contribution >= 4 is 17.9 Å². The van der Waals surface area contributed by atoms with Gasteiger partial charge in [-0.05, 0) is 42.0 Å². The maximum atomic E-state index is 12.4. The Morgan fingerprint density at radius 1 is 1.07 bits per heavy atom. The average Bonchev–Trinajstić information content (AvgIpc) is 3.03. The standard InChI is InChI=1S/C19H15F2NO5/c1-24-13-5-3-4-12(10-13)17-22-14(18(23)27-17)8-11-6-7-15(26-19(20)21)16(9-11)25-2/h3-10,19H,1-2H3. The Morgan fingerprint density at radius 2 is 1.89 bits per heavy atom. The number of carbonyl (C=O) groups excluding carboxylic acids is 1. The number of cyclic esters (lactones) is 1. The summed E-state index contributed by atoms with van der Waals surface area (Å²) in [4.78, 5) is 16.3. The highest BCUT2D eigenvalue weighted by Crippen LogP contribution is 2.31. The minimum Gasteiger partial charge on any atom is -0.497 e. The molecule has 2 aromatic rings. The van der Waals surface area contributed by atoms with Crippen LogP contribution in [0.5, 0.6) is 17.2 Å². The predicted octanol–water partition coefficient (Wildman–Crippen LogP) is 3.65. The zero-order chi connectivity index (χ0) is 19.4. The van der Waals surface area contributed by atoms with Crippen LogP contribution < -0.4 is 14.2 Å². The van der Waals surface area contributed by atoms with E-state index in [1.807, 2.05) is 0 Å². The maximum absolute atomic E-state index is 12.4. The third kappa shape index (κ3) is 4.22. The molecule has 0 amide bonds. The lowest BCUT2D eigenvalue weighted by Gasteiger charge is -2.10. The molecule has 8 heteroatoms. The molecule has 140 valence electrons. The zero-order valence-corrected chi connectivity index (χ0v) is 14.4. The van der Waals surface area contributed by atoms with Gasteiger partial charge in [0, 0.05) is 5.56 Å². The van der Waals surface area contributed by atoms with Gasteiger partial charge in [0.2, 0.25) is 5.90 Å². The van der Waals surface area contributed by atoms with Crippen molar-refractivity contribution in [2.75, 3.05) is 14.2 Å². The predicted molar refractivity (Wildman–Crippen MR) is 93.2 cm³/mol. The molecule has 0 bridgehead atoms. The highest BCUT2D eigenvalue weighted by molar-refractivity contribution is 6.13. The third-order valence-electron chi connectivity index (χ3n) is 3.64. The normalized spacial score (nSPS) is 14.9. The van der Waals surface area contributed by atoms with Gasteiger partial charge >= 0.3 is 12.6 Å². The number of hydrogen-bond acceptors (Lipinski definition) is 6. The van der Waals surface area contributed by atoms with E-state index in [1.54, 1.807) is 24.3 Å². The topological polar surface area (TPSA) is 66.3 Å². The van der Waals surface area contributed by atoms with E-state index < -0.39 is 12.6 Å². The van der Waals surface area contributed by atoms with E-state index in [0.717, 1.165) is 0 Å². The smallest absolute Gasteiger partial charge is 0.387 e. The summed E-state index contributed by atoms with van der Waals surface area (Å²) in [6.45, 7) is -2.97. The van der Waals surface area contributed by atoms with Crippen LogP contribution >= 0.6 is 0 Å². The van der Waals surface area contributed by atoms with Crippen molar-refractivity contribution in [2.24, 2.45) is 4.99 Å². The molecule has 0 aromatic heterocycles. The molecule has 1 aliphatic rings. The number of esters is 1. The summed E-state index contributed by atoms with van der Waals surface area (Å²) >= 11 is 0. The van der Waals surface area contributed by atoms with E-state index in [-0.39, 0.29) is 23.1 Å². The fourth-order valence-corrected chi connectivity index (χ4v) is 2.41. The first kappa shape index (κ1) is 18.4. The van der Waals surface area contributed by atoms with E-state index in [9.17, 15) is 13.6 Å². The maximum Gasteiger partial charge on any atom is 0.387 e. The van der Waals surface area contributed by atoms with E-state index in [0.29, 0.717) is 16.9 Å². The van der Waals surface area contributed by atoms with Crippen LogP contribution in [0.4, 0.5) is 8.78 Å². The van der Waals surface area contributed by atoms with Crippen molar-refractivity contribution in [3.63, 3.8) is 0 Å². The quantitative estimate of drug-likeness (QED) is 0.570. The molecule has 3 rings (SSSR count). The molecule has 0 aliphatic carbocycles. The number of benzene rings is 2. The number of nitrogens with zero attached hydrogens (tertiary/aromatic N) is 1. The van der Waals surface area contributed by atoms with Gasteiger partial charge in [0.1, 0.15) is 5.75 Å². The van der Waals surface area contributed by atoms with Crippen LogP contribution in [-0.2, 0) is 9.53 Å². The molecule has 6 nitrogen and oxygen atoms in total. The van der Waals surface area contributed by atoms with Crippen LogP contribution in [-0.4, -0.2) is 32.7 Å². The number of ether oxygens (including phenoxy) is 4. The first-order chi connectivity index (χ1) is 13.0. The molecular weight excluding hydrogens is 360 g/mol. The third-order valence-corrected chi connectivity index (χ3v) is 3.64. The van der Waals surface area contributed by atoms with Gasteiger partial charge in [-0.15, -0.1) is 0 Å². The van der Waals surface area contributed by atoms with Crippen molar-refractivity contribution in [3.8, 4) is 17.2 Å². The molecule has 0 spiro atoms. The number of carbonyl (C=O) groups is 1. The Balaban J connectivity index is 1.90. The summed E-state index contributed by atoms with van der Waals surface area (Å²) in [7, 11) is 2.86. The zero-order valence-electron chi connectivity index (χ0n) is 14.4. The molecule has 0 atom stereocenters. The van der Waals surface area contributed by atoms with Crippen molar-refractivity contribution < 1.29 is 32.5 Å². The Hall–Kier alpha value is -3.42. The Labute approximate surface area is 153 Å². The molecule has 2 aromatic carbocycles. The van der Waals surface area contributed by atoms with Gasteiger partial charge in [-0.2, -0.15) is 8.78 Å². The summed E-state index contributed by atoms with van der Waals surface area (Å²) < 4.78 is 44.5. The molecule has 0 saturated carbocycles. The highest BCUT2D eigenvalue weighted by Gasteiger charge is 2.24. The Kier molecular flexibility index (Phi) is 5.35. The van der Waals surface area contributed by atoms with Crippen molar-refractivity contribution in [1.29, 1.82) is 0 Å². The molecule has 0 N–H and O–H groups in total. The summed E-state index contributed by atoms with van der Waals surface area (Å²) in [5.74, 6) is 0.120. The molecule has 0 fully saturated rings. The molecule has 0 radical (unpaired) electrons. The fraction of sp³-hybridized carbons (Fsp3) is 0.158. The second kappa shape index (κ2) is 7.86. The van der Waals surface area contributed by atoms with Gasteiger partial charge in [0.05, 0.1) is 14.2 Å². The number of methoxy groups -OCH3 is 2. The molecule has 1 heterocycles. The summed E-state index contributed by atoms with van der Waals surface area (Å²) in [6.07, 6.45) is 1.46. The van der Waals surface area contributed by atoms with Crippen LogP contribution in [0, 0.1) is 0 Å². The van der Waals surface area contributed by atoms with Gasteiger partial charge in [0.25, 0.3) is 0 Å². The lowest BCUT2D eigenvalue weighted by atomic mass is 10.1. The van der Waals surface area contributed by atoms with E-state index in [2.05, 4.69) is 9.73 Å². The summed E-state index contributed by atoms with van der Waals surface area (Å²) in [5.41, 5.74) is 1.16. The van der Waals surface area contributed by atoms with Gasteiger partial charge in [-0.3, -0.25) is 0 Å².